The minimum Gasteiger partial charge on any atom is -0.465 e. The van der Waals surface area contributed by atoms with Gasteiger partial charge in [0.1, 0.15) is 6.17 Å². The minimum absolute atomic E-state index is 0.202. The standard InChI is InChI=1S/C11H14FNO2/c1-15-11(14)9-5-3-2-4-8(9)10(12)6-7-13/h2-5,10H,6-7,13H2,1H3. The van der Waals surface area contributed by atoms with Gasteiger partial charge in [-0.25, -0.2) is 9.18 Å². The first-order chi connectivity index (χ1) is 7.20. The fraction of sp³-hybridized carbons (Fsp3) is 0.364. The molecule has 1 unspecified atom stereocenters. The number of rotatable bonds is 4. The Bertz CT molecular complexity index is 341. The molecule has 0 aromatic heterocycles. The summed E-state index contributed by atoms with van der Waals surface area (Å²) in [5.74, 6) is -0.523. The van der Waals surface area contributed by atoms with Crippen LogP contribution in [-0.2, 0) is 4.74 Å². The number of ether oxygens (including phenoxy) is 1. The normalized spacial score (nSPS) is 12.2. The van der Waals surface area contributed by atoms with Crippen LogP contribution in [0.2, 0.25) is 0 Å². The van der Waals surface area contributed by atoms with Crippen molar-refractivity contribution in [1.29, 1.82) is 0 Å². The molecule has 82 valence electrons. The van der Waals surface area contributed by atoms with E-state index in [0.717, 1.165) is 0 Å². The van der Waals surface area contributed by atoms with Crippen molar-refractivity contribution in [2.45, 2.75) is 12.6 Å². The molecule has 0 heterocycles. The third-order valence-corrected chi connectivity index (χ3v) is 2.12. The summed E-state index contributed by atoms with van der Waals surface area (Å²) < 4.78 is 18.2. The van der Waals surface area contributed by atoms with E-state index in [0.29, 0.717) is 5.56 Å². The van der Waals surface area contributed by atoms with Crippen molar-refractivity contribution < 1.29 is 13.9 Å². The number of methoxy groups -OCH3 is 1. The molecule has 0 aliphatic carbocycles. The van der Waals surface area contributed by atoms with Gasteiger partial charge in [-0.3, -0.25) is 0 Å². The third kappa shape index (κ3) is 2.76. The van der Waals surface area contributed by atoms with Crippen molar-refractivity contribution in [3.63, 3.8) is 0 Å². The van der Waals surface area contributed by atoms with Gasteiger partial charge in [-0.15, -0.1) is 0 Å². The molecule has 0 aliphatic rings. The van der Waals surface area contributed by atoms with E-state index in [1.807, 2.05) is 0 Å². The lowest BCUT2D eigenvalue weighted by Crippen LogP contribution is -2.10. The van der Waals surface area contributed by atoms with E-state index in [9.17, 15) is 9.18 Å². The summed E-state index contributed by atoms with van der Waals surface area (Å²) in [7, 11) is 1.27. The quantitative estimate of drug-likeness (QED) is 0.773. The first-order valence-electron chi connectivity index (χ1n) is 4.72. The molecule has 0 bridgehead atoms. The molecular formula is C11H14FNO2. The molecule has 0 spiro atoms. The van der Waals surface area contributed by atoms with E-state index in [-0.39, 0.29) is 18.5 Å². The largest absolute Gasteiger partial charge is 0.465 e. The summed E-state index contributed by atoms with van der Waals surface area (Å²) in [6.07, 6.45) is -1.01. The Morgan fingerprint density at radius 3 is 2.80 bits per heavy atom. The van der Waals surface area contributed by atoms with Crippen LogP contribution in [0.25, 0.3) is 0 Å². The van der Waals surface area contributed by atoms with Gasteiger partial charge in [0.15, 0.2) is 0 Å². The summed E-state index contributed by atoms with van der Waals surface area (Å²) in [5, 5.41) is 0. The predicted octanol–water partition coefficient (Wildman–Crippen LogP) is 1.83. The Balaban J connectivity index is 3.00. The second-order valence-corrected chi connectivity index (χ2v) is 3.12. The maximum atomic E-state index is 13.6. The van der Waals surface area contributed by atoms with Gasteiger partial charge < -0.3 is 10.5 Å². The molecule has 0 saturated carbocycles. The molecule has 15 heavy (non-hydrogen) atoms. The molecule has 4 heteroatoms. The summed E-state index contributed by atoms with van der Waals surface area (Å²) >= 11 is 0. The lowest BCUT2D eigenvalue weighted by atomic mass is 10.0. The lowest BCUT2D eigenvalue weighted by Gasteiger charge is -2.11. The number of nitrogens with two attached hydrogens (primary N) is 1. The molecule has 2 N–H and O–H groups in total. The van der Waals surface area contributed by atoms with Crippen LogP contribution in [0.4, 0.5) is 4.39 Å². The van der Waals surface area contributed by atoms with Gasteiger partial charge in [0.25, 0.3) is 0 Å². The zero-order valence-electron chi connectivity index (χ0n) is 8.57. The van der Waals surface area contributed by atoms with Crippen LogP contribution in [0, 0.1) is 0 Å². The zero-order chi connectivity index (χ0) is 11.3. The highest BCUT2D eigenvalue weighted by Gasteiger charge is 2.17. The molecule has 1 atom stereocenters. The van der Waals surface area contributed by atoms with Gasteiger partial charge in [-0.1, -0.05) is 18.2 Å². The van der Waals surface area contributed by atoms with Crippen LogP contribution >= 0.6 is 0 Å². The van der Waals surface area contributed by atoms with Crippen molar-refractivity contribution in [1.82, 2.24) is 0 Å². The fourth-order valence-electron chi connectivity index (χ4n) is 1.37. The fourth-order valence-corrected chi connectivity index (χ4v) is 1.37. The van der Waals surface area contributed by atoms with E-state index in [2.05, 4.69) is 4.74 Å². The Labute approximate surface area is 88.0 Å². The molecule has 3 nitrogen and oxygen atoms in total. The highest BCUT2D eigenvalue weighted by Crippen LogP contribution is 2.24. The highest BCUT2D eigenvalue weighted by molar-refractivity contribution is 5.91. The zero-order valence-corrected chi connectivity index (χ0v) is 8.57. The SMILES string of the molecule is COC(=O)c1ccccc1C(F)CCN. The lowest BCUT2D eigenvalue weighted by molar-refractivity contribution is 0.0597. The Morgan fingerprint density at radius 1 is 1.53 bits per heavy atom. The summed E-state index contributed by atoms with van der Waals surface area (Å²) in [6.45, 7) is 0.247. The second kappa shape index (κ2) is 5.46. The number of alkyl halides is 1. The maximum absolute atomic E-state index is 13.6. The first kappa shape index (κ1) is 11.7. The van der Waals surface area contributed by atoms with Crippen molar-refractivity contribution in [3.05, 3.63) is 35.4 Å². The average molecular weight is 211 g/mol. The van der Waals surface area contributed by atoms with Gasteiger partial charge in [0.05, 0.1) is 12.7 Å². The number of carbonyl (C=O) groups excluding carboxylic acids is 1. The van der Waals surface area contributed by atoms with E-state index in [1.165, 1.54) is 7.11 Å². The van der Waals surface area contributed by atoms with Crippen LogP contribution in [0.15, 0.2) is 24.3 Å². The molecule has 0 amide bonds. The first-order valence-corrected chi connectivity index (χ1v) is 4.72. The smallest absolute Gasteiger partial charge is 0.338 e. The van der Waals surface area contributed by atoms with Crippen molar-refractivity contribution in [3.8, 4) is 0 Å². The van der Waals surface area contributed by atoms with Gasteiger partial charge >= 0.3 is 5.97 Å². The molecule has 0 radical (unpaired) electrons. The van der Waals surface area contributed by atoms with E-state index in [1.54, 1.807) is 24.3 Å². The summed E-state index contributed by atoms with van der Waals surface area (Å²) in [6, 6.07) is 6.48. The second-order valence-electron chi connectivity index (χ2n) is 3.12. The van der Waals surface area contributed by atoms with E-state index in [4.69, 9.17) is 5.73 Å². The Hall–Kier alpha value is -1.42. The number of halogens is 1. The topological polar surface area (TPSA) is 52.3 Å². The monoisotopic (exact) mass is 211 g/mol. The Morgan fingerprint density at radius 2 is 2.20 bits per heavy atom. The van der Waals surface area contributed by atoms with E-state index < -0.39 is 12.1 Å². The molecule has 0 fully saturated rings. The van der Waals surface area contributed by atoms with Crippen LogP contribution in [-0.4, -0.2) is 19.6 Å². The summed E-state index contributed by atoms with van der Waals surface area (Å²) in [5.41, 5.74) is 5.88. The third-order valence-electron chi connectivity index (χ3n) is 2.12. The van der Waals surface area contributed by atoms with Gasteiger partial charge in [-0.05, 0) is 19.0 Å². The van der Waals surface area contributed by atoms with Crippen molar-refractivity contribution in [2.75, 3.05) is 13.7 Å². The number of hydrogen-bond donors (Lipinski definition) is 1. The Kier molecular flexibility index (Phi) is 4.24. The van der Waals surface area contributed by atoms with Crippen LogP contribution < -0.4 is 5.73 Å². The molecule has 0 aliphatic heterocycles. The van der Waals surface area contributed by atoms with E-state index >= 15 is 0 Å². The molecular weight excluding hydrogens is 197 g/mol. The number of carbonyl (C=O) groups is 1. The maximum Gasteiger partial charge on any atom is 0.338 e. The van der Waals surface area contributed by atoms with Crippen LogP contribution in [0.5, 0.6) is 0 Å². The van der Waals surface area contributed by atoms with Crippen LogP contribution in [0.1, 0.15) is 28.5 Å². The van der Waals surface area contributed by atoms with Crippen LogP contribution in [0.3, 0.4) is 0 Å². The number of hydrogen-bond acceptors (Lipinski definition) is 3. The average Bonchev–Trinajstić information content (AvgIpc) is 2.28. The summed E-state index contributed by atoms with van der Waals surface area (Å²) in [4.78, 5) is 11.3. The number of esters is 1. The molecule has 1 aromatic carbocycles. The molecule has 0 saturated heterocycles. The van der Waals surface area contributed by atoms with Crippen molar-refractivity contribution in [2.24, 2.45) is 5.73 Å². The highest BCUT2D eigenvalue weighted by atomic mass is 19.1. The predicted molar refractivity (Wildman–Crippen MR) is 55.3 cm³/mol. The minimum atomic E-state index is -1.22. The van der Waals surface area contributed by atoms with Gasteiger partial charge in [0.2, 0.25) is 0 Å². The molecule has 1 rings (SSSR count). The van der Waals surface area contributed by atoms with Gasteiger partial charge in [-0.2, -0.15) is 0 Å². The van der Waals surface area contributed by atoms with Gasteiger partial charge in [0, 0.05) is 5.56 Å². The number of benzene rings is 1. The molecule has 1 aromatic rings. The van der Waals surface area contributed by atoms with Crippen molar-refractivity contribution >= 4 is 5.97 Å².